The molecule has 0 N–H and O–H groups in total. The maximum absolute atomic E-state index is 12.6. The molecule has 158 valence electrons. The third kappa shape index (κ3) is 4.32. The first-order valence-electron chi connectivity index (χ1n) is 9.76. The molecule has 2 heterocycles. The highest BCUT2D eigenvalue weighted by Gasteiger charge is 2.19. The molecule has 0 radical (unpaired) electrons. The fourth-order valence-corrected chi connectivity index (χ4v) is 3.81. The van der Waals surface area contributed by atoms with Gasteiger partial charge in [-0.05, 0) is 67.0 Å². The van der Waals surface area contributed by atoms with Crippen molar-refractivity contribution in [2.24, 2.45) is 0 Å². The van der Waals surface area contributed by atoms with Gasteiger partial charge < -0.3 is 14.0 Å². The zero-order chi connectivity index (χ0) is 22.2. The molecule has 4 aromatic rings. The number of fused-ring (bicyclic) bond motifs is 1. The van der Waals surface area contributed by atoms with Crippen molar-refractivity contribution in [2.75, 3.05) is 7.11 Å². The number of ether oxygens (including phenoxy) is 2. The maximum atomic E-state index is 12.6. The molecule has 31 heavy (non-hydrogen) atoms. The van der Waals surface area contributed by atoms with Crippen LogP contribution in [0.2, 0.25) is 0 Å². The number of carbonyl (C=O) groups is 1. The molecule has 0 spiro atoms. The zero-order valence-corrected chi connectivity index (χ0v) is 19.3. The van der Waals surface area contributed by atoms with E-state index in [1.54, 1.807) is 31.8 Å². The van der Waals surface area contributed by atoms with Crippen LogP contribution in [0.5, 0.6) is 5.75 Å². The maximum Gasteiger partial charge on any atom is 0.338 e. The molecule has 0 saturated heterocycles. The van der Waals surface area contributed by atoms with Gasteiger partial charge in [-0.2, -0.15) is 0 Å². The van der Waals surface area contributed by atoms with Gasteiger partial charge in [0.05, 0.1) is 34.9 Å². The number of rotatable bonds is 4. The molecule has 4 rings (SSSR count). The largest absolute Gasteiger partial charge is 0.493 e. The monoisotopic (exact) mass is 479 g/mol. The lowest BCUT2D eigenvalue weighted by atomic mass is 10.0. The number of nitrogens with zero attached hydrogens (tertiary/aromatic N) is 3. The van der Waals surface area contributed by atoms with Crippen LogP contribution >= 0.6 is 15.9 Å². The Bertz CT molecular complexity index is 1260. The highest BCUT2D eigenvalue weighted by molar-refractivity contribution is 9.10. The Morgan fingerprint density at radius 1 is 1.13 bits per heavy atom. The number of aromatic nitrogens is 3. The molecule has 0 amide bonds. The molecule has 0 aliphatic carbocycles. The highest BCUT2D eigenvalue weighted by Crippen LogP contribution is 2.37. The first kappa shape index (κ1) is 21.1. The van der Waals surface area contributed by atoms with Crippen molar-refractivity contribution in [3.63, 3.8) is 0 Å². The Labute approximate surface area is 189 Å². The van der Waals surface area contributed by atoms with Crippen LogP contribution in [0, 0.1) is 0 Å². The van der Waals surface area contributed by atoms with Gasteiger partial charge in [-0.3, -0.25) is 0 Å². The van der Waals surface area contributed by atoms with Crippen LogP contribution in [0.3, 0.4) is 0 Å². The summed E-state index contributed by atoms with van der Waals surface area (Å²) in [6, 6.07) is 13.2. The average Bonchev–Trinajstić information content (AvgIpc) is 3.26. The Morgan fingerprint density at radius 3 is 2.61 bits per heavy atom. The van der Waals surface area contributed by atoms with Crippen LogP contribution in [0.4, 0.5) is 0 Å². The van der Waals surface area contributed by atoms with E-state index in [9.17, 15) is 4.79 Å². The smallest absolute Gasteiger partial charge is 0.338 e. The summed E-state index contributed by atoms with van der Waals surface area (Å²) in [4.78, 5) is 21.6. The van der Waals surface area contributed by atoms with Crippen LogP contribution in [0.25, 0.3) is 27.8 Å². The van der Waals surface area contributed by atoms with E-state index >= 15 is 0 Å². The number of halogens is 1. The van der Waals surface area contributed by atoms with Gasteiger partial charge in [0, 0.05) is 23.3 Å². The van der Waals surface area contributed by atoms with Crippen molar-refractivity contribution in [3.8, 4) is 22.7 Å². The summed E-state index contributed by atoms with van der Waals surface area (Å²) in [6.45, 7) is 5.55. The molecule has 6 nitrogen and oxygen atoms in total. The molecule has 0 saturated carbocycles. The van der Waals surface area contributed by atoms with Crippen LogP contribution in [0.1, 0.15) is 31.1 Å². The van der Waals surface area contributed by atoms with E-state index in [0.29, 0.717) is 22.5 Å². The summed E-state index contributed by atoms with van der Waals surface area (Å²) in [7, 11) is 1.62. The zero-order valence-electron chi connectivity index (χ0n) is 17.7. The molecule has 0 aliphatic rings. The summed E-state index contributed by atoms with van der Waals surface area (Å²) in [6.07, 6.45) is 5.35. The molecular weight excluding hydrogens is 458 g/mol. The second kappa shape index (κ2) is 8.15. The lowest BCUT2D eigenvalue weighted by Crippen LogP contribution is -2.23. The summed E-state index contributed by atoms with van der Waals surface area (Å²) in [5.74, 6) is 0.273. The molecule has 7 heteroatoms. The highest BCUT2D eigenvalue weighted by atomic mass is 79.9. The SMILES string of the molecule is COc1c(Br)ccc2c(-n3ccnc3)cc(-c3cccc(C(=O)OC(C)(C)C)c3)nc12. The third-order valence-corrected chi connectivity index (χ3v) is 5.27. The quantitative estimate of drug-likeness (QED) is 0.345. The van der Waals surface area contributed by atoms with Crippen molar-refractivity contribution >= 4 is 32.8 Å². The summed E-state index contributed by atoms with van der Waals surface area (Å²) in [5, 5.41) is 0.921. The van der Waals surface area contributed by atoms with E-state index in [4.69, 9.17) is 14.5 Å². The van der Waals surface area contributed by atoms with E-state index in [0.717, 1.165) is 21.1 Å². The lowest BCUT2D eigenvalue weighted by molar-refractivity contribution is 0.00696. The van der Waals surface area contributed by atoms with Gasteiger partial charge >= 0.3 is 5.97 Å². The summed E-state index contributed by atoms with van der Waals surface area (Å²) < 4.78 is 13.9. The van der Waals surface area contributed by atoms with E-state index in [1.807, 2.05) is 61.9 Å². The standard InChI is InChI=1S/C24H22BrN3O3/c1-24(2,3)31-23(29)16-7-5-6-15(12-16)19-13-20(28-11-10-26-14-28)17-8-9-18(25)22(30-4)21(17)27-19/h5-14H,1-4H3. The van der Waals surface area contributed by atoms with Crippen LogP contribution in [0.15, 0.2) is 65.7 Å². The van der Waals surface area contributed by atoms with E-state index in [1.165, 1.54) is 0 Å². The molecular formula is C24H22BrN3O3. The van der Waals surface area contributed by atoms with Crippen molar-refractivity contribution in [1.82, 2.24) is 14.5 Å². The first-order valence-corrected chi connectivity index (χ1v) is 10.6. The predicted molar refractivity (Wildman–Crippen MR) is 124 cm³/mol. The van der Waals surface area contributed by atoms with Crippen molar-refractivity contribution < 1.29 is 14.3 Å². The number of imidazole rings is 1. The van der Waals surface area contributed by atoms with Gasteiger partial charge in [0.25, 0.3) is 0 Å². The van der Waals surface area contributed by atoms with Crippen LogP contribution in [-0.4, -0.2) is 33.2 Å². The van der Waals surface area contributed by atoms with Crippen molar-refractivity contribution in [1.29, 1.82) is 0 Å². The summed E-state index contributed by atoms with van der Waals surface area (Å²) in [5.41, 5.74) is 3.03. The molecule has 2 aromatic heterocycles. The second-order valence-electron chi connectivity index (χ2n) is 8.06. The van der Waals surface area contributed by atoms with E-state index < -0.39 is 5.60 Å². The minimum absolute atomic E-state index is 0.370. The van der Waals surface area contributed by atoms with Gasteiger partial charge in [0.1, 0.15) is 11.1 Å². The van der Waals surface area contributed by atoms with Crippen LogP contribution in [-0.2, 0) is 4.74 Å². The number of benzene rings is 2. The Kier molecular flexibility index (Phi) is 5.54. The molecule has 0 fully saturated rings. The summed E-state index contributed by atoms with van der Waals surface area (Å²) >= 11 is 3.54. The minimum atomic E-state index is -0.567. The fourth-order valence-electron chi connectivity index (χ4n) is 3.32. The molecule has 0 bridgehead atoms. The van der Waals surface area contributed by atoms with Gasteiger partial charge in [0.2, 0.25) is 0 Å². The van der Waals surface area contributed by atoms with E-state index in [-0.39, 0.29) is 5.97 Å². The van der Waals surface area contributed by atoms with Gasteiger partial charge in [-0.1, -0.05) is 12.1 Å². The lowest BCUT2D eigenvalue weighted by Gasteiger charge is -2.19. The number of pyridine rings is 1. The van der Waals surface area contributed by atoms with Gasteiger partial charge in [-0.25, -0.2) is 14.8 Å². The topological polar surface area (TPSA) is 66.2 Å². The van der Waals surface area contributed by atoms with E-state index in [2.05, 4.69) is 20.9 Å². The Morgan fingerprint density at radius 2 is 1.94 bits per heavy atom. The number of methoxy groups -OCH3 is 1. The number of hydrogen-bond acceptors (Lipinski definition) is 5. The molecule has 0 unspecified atom stereocenters. The Balaban J connectivity index is 1.91. The number of carbonyl (C=O) groups excluding carboxylic acids is 1. The van der Waals surface area contributed by atoms with Gasteiger partial charge in [-0.15, -0.1) is 0 Å². The second-order valence-corrected chi connectivity index (χ2v) is 8.91. The number of esters is 1. The predicted octanol–water partition coefficient (Wildman–Crippen LogP) is 5.81. The Hall–Kier alpha value is -3.19. The fraction of sp³-hybridized carbons (Fsp3) is 0.208. The van der Waals surface area contributed by atoms with Crippen LogP contribution < -0.4 is 4.74 Å². The normalized spacial score (nSPS) is 11.5. The first-order chi connectivity index (χ1) is 14.8. The van der Waals surface area contributed by atoms with Crippen molar-refractivity contribution in [2.45, 2.75) is 26.4 Å². The molecule has 0 aliphatic heterocycles. The van der Waals surface area contributed by atoms with Gasteiger partial charge in [0.15, 0.2) is 5.75 Å². The minimum Gasteiger partial charge on any atom is -0.493 e. The number of hydrogen-bond donors (Lipinski definition) is 0. The third-order valence-electron chi connectivity index (χ3n) is 4.64. The van der Waals surface area contributed by atoms with Crippen molar-refractivity contribution in [3.05, 3.63) is 71.2 Å². The molecule has 2 aromatic carbocycles. The average molecular weight is 480 g/mol. The molecule has 0 atom stereocenters.